The first-order chi connectivity index (χ1) is 7.99. The molecule has 1 rings (SSSR count). The van der Waals surface area contributed by atoms with Crippen molar-refractivity contribution in [2.75, 3.05) is 7.05 Å². The van der Waals surface area contributed by atoms with Gasteiger partial charge in [-0.05, 0) is 19.1 Å². The van der Waals surface area contributed by atoms with Crippen LogP contribution in [0.1, 0.15) is 17.3 Å². The SMILES string of the molecule is CC(C(N)=NO)N(C)C(=O)c1ccccc1F. The van der Waals surface area contributed by atoms with Gasteiger partial charge in [0.1, 0.15) is 5.82 Å². The van der Waals surface area contributed by atoms with Crippen LogP contribution in [0, 0.1) is 5.82 Å². The maximum absolute atomic E-state index is 13.4. The molecule has 0 radical (unpaired) electrons. The van der Waals surface area contributed by atoms with Crippen LogP contribution in [0.15, 0.2) is 29.4 Å². The predicted octanol–water partition coefficient (Wildman–Crippen LogP) is 1.03. The molecular formula is C11H14FN3O2. The number of carbonyl (C=O) groups excluding carboxylic acids is 1. The molecule has 6 heteroatoms. The van der Waals surface area contributed by atoms with Gasteiger partial charge in [0.2, 0.25) is 0 Å². The van der Waals surface area contributed by atoms with Gasteiger partial charge in [-0.25, -0.2) is 4.39 Å². The lowest BCUT2D eigenvalue weighted by molar-refractivity contribution is 0.0771. The standard InChI is InChI=1S/C11H14FN3O2/c1-7(10(13)14-17)15(2)11(16)8-5-3-4-6-9(8)12/h3-7,17H,1-2H3,(H2,13,14). The van der Waals surface area contributed by atoms with E-state index in [4.69, 9.17) is 10.9 Å². The molecule has 0 heterocycles. The number of benzene rings is 1. The zero-order valence-electron chi connectivity index (χ0n) is 9.59. The van der Waals surface area contributed by atoms with Crippen molar-refractivity contribution in [1.29, 1.82) is 0 Å². The number of amides is 1. The quantitative estimate of drug-likeness (QED) is 0.358. The molecule has 0 aromatic heterocycles. The summed E-state index contributed by atoms with van der Waals surface area (Å²) in [6, 6.07) is 5.03. The minimum atomic E-state index is -0.618. The van der Waals surface area contributed by atoms with Gasteiger partial charge in [0.25, 0.3) is 5.91 Å². The van der Waals surface area contributed by atoms with Crippen LogP contribution in [0.5, 0.6) is 0 Å². The third-order valence-corrected chi connectivity index (χ3v) is 2.55. The second-order valence-corrected chi connectivity index (χ2v) is 3.60. The van der Waals surface area contributed by atoms with Crippen LogP contribution in [-0.4, -0.2) is 34.9 Å². The van der Waals surface area contributed by atoms with Crippen molar-refractivity contribution in [3.8, 4) is 0 Å². The van der Waals surface area contributed by atoms with Gasteiger partial charge in [-0.1, -0.05) is 17.3 Å². The molecular weight excluding hydrogens is 225 g/mol. The predicted molar refractivity (Wildman–Crippen MR) is 61.4 cm³/mol. The van der Waals surface area contributed by atoms with E-state index in [1.165, 1.54) is 30.1 Å². The highest BCUT2D eigenvalue weighted by Gasteiger charge is 2.22. The Morgan fingerprint density at radius 1 is 1.53 bits per heavy atom. The van der Waals surface area contributed by atoms with E-state index < -0.39 is 17.8 Å². The van der Waals surface area contributed by atoms with Gasteiger partial charge in [0.05, 0.1) is 11.6 Å². The molecule has 1 amide bonds. The number of halogens is 1. The van der Waals surface area contributed by atoms with Crippen molar-refractivity contribution in [2.45, 2.75) is 13.0 Å². The van der Waals surface area contributed by atoms with Crippen LogP contribution in [0.2, 0.25) is 0 Å². The highest BCUT2D eigenvalue weighted by molar-refractivity contribution is 5.98. The monoisotopic (exact) mass is 239 g/mol. The van der Waals surface area contributed by atoms with Crippen LogP contribution in [-0.2, 0) is 0 Å². The first kappa shape index (κ1) is 13.0. The fourth-order valence-electron chi connectivity index (χ4n) is 1.28. The van der Waals surface area contributed by atoms with E-state index in [9.17, 15) is 9.18 Å². The molecule has 0 aliphatic heterocycles. The van der Waals surface area contributed by atoms with E-state index in [-0.39, 0.29) is 11.4 Å². The molecule has 1 atom stereocenters. The van der Waals surface area contributed by atoms with Gasteiger partial charge in [0, 0.05) is 7.05 Å². The van der Waals surface area contributed by atoms with Gasteiger partial charge in [-0.15, -0.1) is 0 Å². The Labute approximate surface area is 98.3 Å². The van der Waals surface area contributed by atoms with Crippen molar-refractivity contribution in [3.63, 3.8) is 0 Å². The third kappa shape index (κ3) is 2.72. The molecule has 0 aliphatic rings. The number of rotatable bonds is 3. The summed E-state index contributed by atoms with van der Waals surface area (Å²) in [6.45, 7) is 1.58. The molecule has 1 aromatic carbocycles. The molecule has 0 aliphatic carbocycles. The summed E-state index contributed by atoms with van der Waals surface area (Å²) in [7, 11) is 1.46. The lowest BCUT2D eigenvalue weighted by atomic mass is 10.1. The average Bonchev–Trinajstić information content (AvgIpc) is 2.35. The van der Waals surface area contributed by atoms with Gasteiger partial charge in [-0.3, -0.25) is 4.79 Å². The van der Waals surface area contributed by atoms with Crippen molar-refractivity contribution >= 4 is 11.7 Å². The largest absolute Gasteiger partial charge is 0.409 e. The van der Waals surface area contributed by atoms with E-state index >= 15 is 0 Å². The number of nitrogens with two attached hydrogens (primary N) is 1. The van der Waals surface area contributed by atoms with Crippen molar-refractivity contribution in [2.24, 2.45) is 10.9 Å². The highest BCUT2D eigenvalue weighted by atomic mass is 19.1. The number of hydrogen-bond donors (Lipinski definition) is 2. The molecule has 0 fully saturated rings. The van der Waals surface area contributed by atoms with Gasteiger partial charge < -0.3 is 15.8 Å². The summed E-state index contributed by atoms with van der Waals surface area (Å²) >= 11 is 0. The van der Waals surface area contributed by atoms with Crippen molar-refractivity contribution in [3.05, 3.63) is 35.6 Å². The van der Waals surface area contributed by atoms with E-state index in [0.29, 0.717) is 0 Å². The zero-order chi connectivity index (χ0) is 13.0. The number of amidine groups is 1. The number of oxime groups is 1. The summed E-state index contributed by atoms with van der Waals surface area (Å²) in [5.74, 6) is -1.24. The first-order valence-corrected chi connectivity index (χ1v) is 4.98. The molecule has 0 saturated heterocycles. The number of nitrogens with zero attached hydrogens (tertiary/aromatic N) is 2. The van der Waals surface area contributed by atoms with E-state index in [1.807, 2.05) is 0 Å². The highest BCUT2D eigenvalue weighted by Crippen LogP contribution is 2.11. The number of hydrogen-bond acceptors (Lipinski definition) is 3. The molecule has 0 saturated carbocycles. The molecule has 5 nitrogen and oxygen atoms in total. The van der Waals surface area contributed by atoms with Crippen molar-refractivity contribution < 1.29 is 14.4 Å². The molecule has 1 unspecified atom stereocenters. The normalized spacial score (nSPS) is 13.2. The molecule has 92 valence electrons. The van der Waals surface area contributed by atoms with E-state index in [1.54, 1.807) is 13.0 Å². The van der Waals surface area contributed by atoms with Gasteiger partial charge in [0.15, 0.2) is 5.84 Å². The molecule has 1 aromatic rings. The fraction of sp³-hybridized carbons (Fsp3) is 0.273. The number of likely N-dealkylation sites (N-methyl/N-ethyl adjacent to an activating group) is 1. The van der Waals surface area contributed by atoms with Crippen LogP contribution in [0.3, 0.4) is 0 Å². The second kappa shape index (κ2) is 5.29. The summed E-state index contributed by atoms with van der Waals surface area (Å²) in [6.07, 6.45) is 0. The topological polar surface area (TPSA) is 78.9 Å². The first-order valence-electron chi connectivity index (χ1n) is 4.98. The minimum absolute atomic E-state index is 0.0485. The van der Waals surface area contributed by atoms with Crippen LogP contribution in [0.25, 0.3) is 0 Å². The maximum Gasteiger partial charge on any atom is 0.257 e. The van der Waals surface area contributed by atoms with Crippen molar-refractivity contribution in [1.82, 2.24) is 4.90 Å². The van der Waals surface area contributed by atoms with Gasteiger partial charge in [-0.2, -0.15) is 0 Å². The molecule has 17 heavy (non-hydrogen) atoms. The van der Waals surface area contributed by atoms with Crippen LogP contribution < -0.4 is 5.73 Å². The van der Waals surface area contributed by atoms with Crippen LogP contribution >= 0.6 is 0 Å². The summed E-state index contributed by atoms with van der Waals surface area (Å²) < 4.78 is 13.4. The fourth-order valence-corrected chi connectivity index (χ4v) is 1.28. The average molecular weight is 239 g/mol. The minimum Gasteiger partial charge on any atom is -0.409 e. The molecule has 0 bridgehead atoms. The van der Waals surface area contributed by atoms with Crippen LogP contribution in [0.4, 0.5) is 4.39 Å². The Bertz CT molecular complexity index is 448. The Morgan fingerprint density at radius 3 is 2.65 bits per heavy atom. The summed E-state index contributed by atoms with van der Waals surface area (Å²) in [5.41, 5.74) is 5.34. The molecule has 0 spiro atoms. The maximum atomic E-state index is 13.4. The Kier molecular flexibility index (Phi) is 4.03. The summed E-state index contributed by atoms with van der Waals surface area (Å²) in [4.78, 5) is 13.1. The van der Waals surface area contributed by atoms with E-state index in [0.717, 1.165) is 0 Å². The molecule has 3 N–H and O–H groups in total. The second-order valence-electron chi connectivity index (χ2n) is 3.60. The smallest absolute Gasteiger partial charge is 0.257 e. The number of carbonyl (C=O) groups is 1. The van der Waals surface area contributed by atoms with E-state index in [2.05, 4.69) is 5.16 Å². The third-order valence-electron chi connectivity index (χ3n) is 2.55. The Hall–Kier alpha value is -2.11. The Morgan fingerprint density at radius 2 is 2.12 bits per heavy atom. The summed E-state index contributed by atoms with van der Waals surface area (Å²) in [5, 5.41) is 11.3. The van der Waals surface area contributed by atoms with Gasteiger partial charge >= 0.3 is 0 Å². The zero-order valence-corrected chi connectivity index (χ0v) is 9.59. The lowest BCUT2D eigenvalue weighted by Crippen LogP contribution is -2.44. The Balaban J connectivity index is 2.95. The lowest BCUT2D eigenvalue weighted by Gasteiger charge is -2.23.